The fourth-order valence-corrected chi connectivity index (χ4v) is 4.93. The molecular weight excluding hydrogens is 549 g/mol. The van der Waals surface area contributed by atoms with Crippen molar-refractivity contribution < 1.29 is 19.4 Å². The summed E-state index contributed by atoms with van der Waals surface area (Å²) in [4.78, 5) is 0.304. The van der Waals surface area contributed by atoms with Crippen LogP contribution in [0.4, 0.5) is 36.5 Å². The summed E-state index contributed by atoms with van der Waals surface area (Å²) < 4.78 is 64.5. The van der Waals surface area contributed by atoms with E-state index in [-0.39, 0.29) is 0 Å². The second-order valence-electron chi connectivity index (χ2n) is 9.47. The van der Waals surface area contributed by atoms with Gasteiger partial charge in [-0.2, -0.15) is 0 Å². The smallest absolute Gasteiger partial charge is 0.310 e. The van der Waals surface area contributed by atoms with E-state index in [0.717, 1.165) is 45.9 Å². The molecule has 208 valence electrons. The van der Waals surface area contributed by atoms with Gasteiger partial charge in [-0.05, 0) is 70.8 Å². The molecule has 5 rings (SSSR count). The fraction of sp³-hybridized carbons (Fsp3) is 0. The van der Waals surface area contributed by atoms with Crippen molar-refractivity contribution in [3.05, 3.63) is 156 Å². The molecule has 0 radical (unpaired) electrons. The van der Waals surface area contributed by atoms with Crippen LogP contribution in [0, 0.1) is 0 Å². The molecule has 0 saturated carbocycles. The first kappa shape index (κ1) is 27.9. The molecule has 0 N–H and O–H groups in total. The summed E-state index contributed by atoms with van der Waals surface area (Å²) in [5.41, 5.74) is 6.40. The third kappa shape index (κ3) is 7.32. The maximum absolute atomic E-state index is 12.9. The first-order valence-electron chi connectivity index (χ1n) is 12.8. The number of nitrogens with zero attached hydrogens (tertiary/aromatic N) is 1. The molecule has 1 nitrogen and oxygen atoms in total. The predicted octanol–water partition coefficient (Wildman–Crippen LogP) is 12.2. The minimum absolute atomic E-state index is 0.390. The lowest BCUT2D eigenvalue weighted by Crippen LogP contribution is -2.09. The van der Waals surface area contributed by atoms with Gasteiger partial charge in [0.1, 0.15) is 4.90 Å². The van der Waals surface area contributed by atoms with Gasteiger partial charge in [-0.3, -0.25) is 0 Å². The Bertz CT molecular complexity index is 1620. The van der Waals surface area contributed by atoms with Crippen LogP contribution in [0.15, 0.2) is 138 Å². The van der Waals surface area contributed by atoms with Gasteiger partial charge < -0.3 is 4.90 Å². The predicted molar refractivity (Wildman–Crippen MR) is 163 cm³/mol. The molecule has 41 heavy (non-hydrogen) atoms. The highest BCUT2D eigenvalue weighted by Crippen LogP contribution is 3.02. The average molecular weight is 576 g/mol. The van der Waals surface area contributed by atoms with Gasteiger partial charge in [-0.25, -0.2) is 0 Å². The Hall–Kier alpha value is -4.62. The van der Waals surface area contributed by atoms with Gasteiger partial charge in [0.2, 0.25) is 0 Å². The lowest BCUT2D eigenvalue weighted by Gasteiger charge is -2.40. The summed E-state index contributed by atoms with van der Waals surface area (Å²) in [6.07, 6.45) is 7.31. The molecule has 0 aliphatic rings. The number of halogens is 5. The second-order valence-corrected chi connectivity index (χ2v) is 11.9. The minimum atomic E-state index is -9.66. The zero-order valence-corrected chi connectivity index (χ0v) is 22.6. The van der Waals surface area contributed by atoms with Crippen molar-refractivity contribution in [3.63, 3.8) is 0 Å². The first-order chi connectivity index (χ1) is 19.4. The van der Waals surface area contributed by atoms with Crippen molar-refractivity contribution in [1.29, 1.82) is 0 Å². The lowest BCUT2D eigenvalue weighted by atomic mass is 10.1. The van der Waals surface area contributed by atoms with Crippen LogP contribution in [0.25, 0.3) is 24.3 Å². The van der Waals surface area contributed by atoms with E-state index in [1.54, 1.807) is 12.2 Å². The van der Waals surface area contributed by atoms with Crippen molar-refractivity contribution in [2.45, 2.75) is 4.90 Å². The third-order valence-corrected chi connectivity index (χ3v) is 7.54. The summed E-state index contributed by atoms with van der Waals surface area (Å²) in [6.45, 7) is 0. The van der Waals surface area contributed by atoms with Gasteiger partial charge in [-0.1, -0.05) is 129 Å². The third-order valence-electron chi connectivity index (χ3n) is 6.38. The standard InChI is InChI=1S/C34H26F5NS/c35-41(36,37,38,39)34-25-21-30(22-26-34)18-16-28-13-11-27(12-14-28)15-17-29-19-23-33(24-20-29)40(31-7-3-1-4-8-31)32-9-5-2-6-10-32/h1-26H/b17-15+,18-16+. The SMILES string of the molecule is FS(F)(F)(F)(F)c1ccc(/C=C/c2ccc(/C=C/c3ccc(N(c4ccccc4)c4ccccc4)cc3)cc2)cc1. The number of hydrogen-bond donors (Lipinski definition) is 0. The maximum Gasteiger partial charge on any atom is 0.310 e. The number of anilines is 3. The van der Waals surface area contributed by atoms with Gasteiger partial charge in [0.25, 0.3) is 0 Å². The second kappa shape index (κ2) is 10.4. The van der Waals surface area contributed by atoms with Crippen LogP contribution < -0.4 is 4.90 Å². The Morgan fingerprint density at radius 3 is 1.00 bits per heavy atom. The van der Waals surface area contributed by atoms with Crippen molar-refractivity contribution in [2.24, 2.45) is 0 Å². The molecule has 5 aromatic carbocycles. The highest BCUT2D eigenvalue weighted by Gasteiger charge is 2.65. The first-order valence-corrected chi connectivity index (χ1v) is 14.7. The zero-order valence-electron chi connectivity index (χ0n) is 21.8. The molecule has 0 unspecified atom stereocenters. The van der Waals surface area contributed by atoms with E-state index in [0.29, 0.717) is 17.7 Å². The van der Waals surface area contributed by atoms with Crippen LogP contribution >= 0.6 is 10.2 Å². The van der Waals surface area contributed by atoms with Crippen molar-refractivity contribution in [3.8, 4) is 0 Å². The molecule has 0 aromatic heterocycles. The molecule has 0 saturated heterocycles. The number of benzene rings is 5. The van der Waals surface area contributed by atoms with Crippen molar-refractivity contribution >= 4 is 51.6 Å². The molecule has 0 atom stereocenters. The fourth-order valence-electron chi connectivity index (χ4n) is 4.28. The number of hydrogen-bond acceptors (Lipinski definition) is 1. The van der Waals surface area contributed by atoms with E-state index in [1.807, 2.05) is 72.8 Å². The Kier molecular flexibility index (Phi) is 7.09. The highest BCUT2D eigenvalue weighted by atomic mass is 32.5. The van der Waals surface area contributed by atoms with Crippen molar-refractivity contribution in [2.75, 3.05) is 4.90 Å². The van der Waals surface area contributed by atoms with Crippen LogP contribution in [0.1, 0.15) is 22.3 Å². The lowest BCUT2D eigenvalue weighted by molar-refractivity contribution is 0.364. The molecule has 5 aromatic rings. The van der Waals surface area contributed by atoms with E-state index >= 15 is 0 Å². The topological polar surface area (TPSA) is 3.24 Å². The van der Waals surface area contributed by atoms with Gasteiger partial charge in [0.05, 0.1) is 0 Å². The molecule has 0 aliphatic carbocycles. The molecule has 0 bridgehead atoms. The van der Waals surface area contributed by atoms with Crippen LogP contribution in [0.5, 0.6) is 0 Å². The van der Waals surface area contributed by atoms with E-state index < -0.39 is 15.1 Å². The normalized spacial score (nSPS) is 13.7. The Labute approximate surface area is 236 Å². The van der Waals surface area contributed by atoms with E-state index in [9.17, 15) is 19.4 Å². The largest absolute Gasteiger partial charge is 0.311 e. The van der Waals surface area contributed by atoms with Gasteiger partial charge >= 0.3 is 10.2 Å². The summed E-state index contributed by atoms with van der Waals surface area (Å²) in [6, 6.07) is 39.1. The van der Waals surface area contributed by atoms with Gasteiger partial charge in [0.15, 0.2) is 0 Å². The van der Waals surface area contributed by atoms with Crippen molar-refractivity contribution in [1.82, 2.24) is 0 Å². The van der Waals surface area contributed by atoms with Gasteiger partial charge in [0, 0.05) is 17.1 Å². The summed E-state index contributed by atoms with van der Waals surface area (Å²) in [5, 5.41) is 0. The maximum atomic E-state index is 12.9. The van der Waals surface area contributed by atoms with Crippen LogP contribution in [-0.4, -0.2) is 0 Å². The number of rotatable bonds is 8. The van der Waals surface area contributed by atoms with E-state index in [2.05, 4.69) is 53.4 Å². The van der Waals surface area contributed by atoms with E-state index in [4.69, 9.17) is 0 Å². The van der Waals surface area contributed by atoms with Crippen LogP contribution in [-0.2, 0) is 0 Å². The summed E-state index contributed by atoms with van der Waals surface area (Å²) >= 11 is 0. The zero-order chi connectivity index (χ0) is 29.0. The van der Waals surface area contributed by atoms with Gasteiger partial charge in [-0.15, -0.1) is 0 Å². The summed E-state index contributed by atoms with van der Waals surface area (Å²) in [5.74, 6) is 0. The monoisotopic (exact) mass is 575 g/mol. The quantitative estimate of drug-likeness (QED) is 0.131. The number of para-hydroxylation sites is 2. The Balaban J connectivity index is 1.26. The summed E-state index contributed by atoms with van der Waals surface area (Å²) in [7, 11) is -9.66. The highest BCUT2D eigenvalue weighted by molar-refractivity contribution is 8.45. The molecule has 0 amide bonds. The van der Waals surface area contributed by atoms with Crippen LogP contribution in [0.2, 0.25) is 0 Å². The molecule has 0 aliphatic heterocycles. The Morgan fingerprint density at radius 1 is 0.366 bits per heavy atom. The van der Waals surface area contributed by atoms with E-state index in [1.165, 1.54) is 0 Å². The van der Waals surface area contributed by atoms with Crippen LogP contribution in [0.3, 0.4) is 0 Å². The molecule has 0 heterocycles. The molecule has 0 spiro atoms. The average Bonchev–Trinajstić information content (AvgIpc) is 2.97. The molecular formula is C34H26F5NS. The Morgan fingerprint density at radius 2 is 0.659 bits per heavy atom. The molecule has 7 heteroatoms. The molecule has 0 fully saturated rings. The minimum Gasteiger partial charge on any atom is -0.311 e.